The van der Waals surface area contributed by atoms with Gasteiger partial charge in [0, 0.05) is 69.9 Å². The molecule has 47 heavy (non-hydrogen) atoms. The van der Waals surface area contributed by atoms with E-state index >= 15 is 0 Å². The zero-order valence-corrected chi connectivity index (χ0v) is 31.6. The van der Waals surface area contributed by atoms with Crippen molar-refractivity contribution in [2.75, 3.05) is 31.6 Å². The van der Waals surface area contributed by atoms with Gasteiger partial charge in [0.05, 0.1) is 17.5 Å². The largest absolute Gasteiger partial charge is 0.390 e. The van der Waals surface area contributed by atoms with Crippen LogP contribution in [0.15, 0.2) is 60.9 Å². The van der Waals surface area contributed by atoms with Crippen LogP contribution in [0.4, 0.5) is 5.82 Å². The molecule has 0 spiro atoms. The number of aromatic nitrogens is 4. The second-order valence-corrected chi connectivity index (χ2v) is 27.0. The molecule has 0 saturated heterocycles. The summed E-state index contributed by atoms with van der Waals surface area (Å²) in [5, 5.41) is 15.9. The average Bonchev–Trinajstić information content (AvgIpc) is 3.48. The fraction of sp³-hybridized carbons (Fsp3) is 0.541. The number of hydrogen-bond donors (Lipinski definition) is 1. The quantitative estimate of drug-likeness (QED) is 0.0768. The number of pyridine rings is 1. The summed E-state index contributed by atoms with van der Waals surface area (Å²) in [6.45, 7) is 18.6. The first-order chi connectivity index (χ1) is 22.3. The van der Waals surface area contributed by atoms with Crippen LogP contribution in [0.1, 0.15) is 50.6 Å². The van der Waals surface area contributed by atoms with E-state index in [0.717, 1.165) is 96.9 Å². The van der Waals surface area contributed by atoms with Crippen LogP contribution in [-0.2, 0) is 9.47 Å². The number of hydrogen-bond acceptors (Lipinski definition) is 7. The van der Waals surface area contributed by atoms with Crippen LogP contribution in [0.5, 0.6) is 0 Å². The lowest BCUT2D eigenvalue weighted by atomic mass is 9.76. The molecule has 0 amide bonds. The van der Waals surface area contributed by atoms with Crippen LogP contribution in [0.3, 0.4) is 0 Å². The Morgan fingerprint density at radius 2 is 1.51 bits per heavy atom. The highest BCUT2D eigenvalue weighted by molar-refractivity contribution is 6.76. The van der Waals surface area contributed by atoms with Gasteiger partial charge in [0.1, 0.15) is 19.3 Å². The molecule has 0 unspecified atom stereocenters. The molecule has 10 heteroatoms. The Morgan fingerprint density at radius 1 is 0.872 bits per heavy atom. The van der Waals surface area contributed by atoms with Crippen molar-refractivity contribution >= 4 is 27.6 Å². The monoisotopic (exact) mass is 673 g/mol. The molecule has 1 N–H and O–H groups in total. The van der Waals surface area contributed by atoms with Gasteiger partial charge in [-0.05, 0) is 50.3 Å². The molecule has 254 valence electrons. The fourth-order valence-electron chi connectivity index (χ4n) is 6.02. The van der Waals surface area contributed by atoms with E-state index in [1.807, 2.05) is 35.1 Å². The standard InChI is InChI=1S/C37H55N5O3Si2/c1-8-37(43)18-16-30(17-19-37)34-24-35(41(27-44-20-22-46(2,3)4)28-45-21-23-47(5,6)7)42-36(40-34)32(26-39-42)31-14-15-33(38-25-31)29-12-10-9-11-13-29/h9-15,24-26,30,43H,8,16-23,27-28H2,1-7H3/t30-,37-. The maximum Gasteiger partial charge on any atom is 0.165 e. The van der Waals surface area contributed by atoms with E-state index in [2.05, 4.69) is 81.4 Å². The Balaban J connectivity index is 1.51. The highest BCUT2D eigenvalue weighted by Crippen LogP contribution is 2.40. The molecule has 1 aliphatic rings. The highest BCUT2D eigenvalue weighted by Gasteiger charge is 2.33. The van der Waals surface area contributed by atoms with E-state index in [1.165, 1.54) is 0 Å². The van der Waals surface area contributed by atoms with Crippen molar-refractivity contribution in [1.29, 1.82) is 0 Å². The molecule has 8 nitrogen and oxygen atoms in total. The maximum atomic E-state index is 11.0. The van der Waals surface area contributed by atoms with Crippen molar-refractivity contribution in [3.8, 4) is 22.4 Å². The predicted molar refractivity (Wildman–Crippen MR) is 199 cm³/mol. The molecule has 1 saturated carbocycles. The Kier molecular flexibility index (Phi) is 11.4. The molecule has 1 aromatic carbocycles. The predicted octanol–water partition coefficient (Wildman–Crippen LogP) is 8.69. The molecule has 1 aliphatic carbocycles. The lowest BCUT2D eigenvalue weighted by Gasteiger charge is -2.35. The van der Waals surface area contributed by atoms with Gasteiger partial charge in [-0.2, -0.15) is 9.61 Å². The van der Waals surface area contributed by atoms with Gasteiger partial charge in [-0.15, -0.1) is 0 Å². The van der Waals surface area contributed by atoms with Gasteiger partial charge in [0.25, 0.3) is 0 Å². The van der Waals surface area contributed by atoms with E-state index in [4.69, 9.17) is 24.5 Å². The van der Waals surface area contributed by atoms with Crippen LogP contribution in [0, 0.1) is 0 Å². The third-order valence-electron chi connectivity index (χ3n) is 9.42. The summed E-state index contributed by atoms with van der Waals surface area (Å²) in [7, 11) is -2.47. The SMILES string of the molecule is CC[C@]1(O)CC[C@H](c2cc(N(COCC[Si](C)(C)C)COCC[Si](C)(C)C)n3ncc(-c4ccc(-c5ccccc5)nc4)c3n2)CC1. The topological polar surface area (TPSA) is 85.0 Å². The van der Waals surface area contributed by atoms with Crippen molar-refractivity contribution in [3.05, 3.63) is 66.6 Å². The van der Waals surface area contributed by atoms with Gasteiger partial charge in [0.2, 0.25) is 0 Å². The molecule has 4 aromatic rings. The summed E-state index contributed by atoms with van der Waals surface area (Å²) < 4.78 is 14.6. The third-order valence-corrected chi connectivity index (χ3v) is 12.8. The zero-order chi connectivity index (χ0) is 33.7. The molecule has 0 atom stereocenters. The lowest BCUT2D eigenvalue weighted by molar-refractivity contribution is -0.00448. The first-order valence-corrected chi connectivity index (χ1v) is 24.8. The number of rotatable bonds is 15. The summed E-state index contributed by atoms with van der Waals surface area (Å²) in [6, 6.07) is 18.8. The van der Waals surface area contributed by atoms with Crippen LogP contribution in [0.2, 0.25) is 51.4 Å². The minimum absolute atomic E-state index is 0.259. The summed E-state index contributed by atoms with van der Waals surface area (Å²) in [5.41, 5.74) is 5.21. The molecule has 3 heterocycles. The molecule has 3 aromatic heterocycles. The first-order valence-electron chi connectivity index (χ1n) is 17.4. The van der Waals surface area contributed by atoms with Crippen LogP contribution in [0.25, 0.3) is 28.0 Å². The normalized spacial score (nSPS) is 18.9. The Morgan fingerprint density at radius 3 is 2.06 bits per heavy atom. The van der Waals surface area contributed by atoms with Gasteiger partial charge in [0.15, 0.2) is 5.65 Å². The summed E-state index contributed by atoms with van der Waals surface area (Å²) in [6.07, 6.45) is 8.00. The fourth-order valence-corrected chi connectivity index (χ4v) is 7.53. The van der Waals surface area contributed by atoms with Gasteiger partial charge in [-0.25, -0.2) is 4.98 Å². The van der Waals surface area contributed by atoms with E-state index in [-0.39, 0.29) is 5.92 Å². The van der Waals surface area contributed by atoms with Crippen molar-refractivity contribution in [3.63, 3.8) is 0 Å². The minimum atomic E-state index is -1.24. The maximum absolute atomic E-state index is 11.0. The number of fused-ring (bicyclic) bond motifs is 1. The van der Waals surface area contributed by atoms with E-state index in [1.54, 1.807) is 0 Å². The average molecular weight is 674 g/mol. The van der Waals surface area contributed by atoms with Gasteiger partial charge in [-0.1, -0.05) is 82.6 Å². The number of anilines is 1. The lowest BCUT2D eigenvalue weighted by Crippen LogP contribution is -2.34. The van der Waals surface area contributed by atoms with Gasteiger partial charge < -0.3 is 19.5 Å². The molecule has 5 rings (SSSR count). The van der Waals surface area contributed by atoms with Crippen LogP contribution in [-0.4, -0.2) is 73.1 Å². The molecule has 1 fully saturated rings. The Labute approximate surface area is 283 Å². The minimum Gasteiger partial charge on any atom is -0.390 e. The number of aliphatic hydroxyl groups is 1. The van der Waals surface area contributed by atoms with Crippen molar-refractivity contribution in [1.82, 2.24) is 19.6 Å². The number of ether oxygens (including phenoxy) is 2. The summed E-state index contributed by atoms with van der Waals surface area (Å²) in [5.74, 6) is 1.18. The summed E-state index contributed by atoms with van der Waals surface area (Å²) in [4.78, 5) is 12.3. The molecular formula is C37H55N5O3Si2. The third kappa shape index (κ3) is 9.60. The summed E-state index contributed by atoms with van der Waals surface area (Å²) >= 11 is 0. The molecule has 0 bridgehead atoms. The van der Waals surface area contributed by atoms with Crippen molar-refractivity contribution < 1.29 is 14.6 Å². The number of nitrogens with zero attached hydrogens (tertiary/aromatic N) is 5. The van der Waals surface area contributed by atoms with Crippen molar-refractivity contribution in [2.45, 2.75) is 102 Å². The van der Waals surface area contributed by atoms with E-state index in [9.17, 15) is 5.11 Å². The van der Waals surface area contributed by atoms with Crippen LogP contribution >= 0.6 is 0 Å². The van der Waals surface area contributed by atoms with Crippen LogP contribution < -0.4 is 4.90 Å². The van der Waals surface area contributed by atoms with Gasteiger partial charge >= 0.3 is 0 Å². The Bertz CT molecular complexity index is 1550. The molecule has 0 radical (unpaired) electrons. The zero-order valence-electron chi connectivity index (χ0n) is 29.6. The number of benzene rings is 1. The molecule has 0 aliphatic heterocycles. The van der Waals surface area contributed by atoms with E-state index in [0.29, 0.717) is 13.5 Å². The second-order valence-electron chi connectivity index (χ2n) is 15.7. The van der Waals surface area contributed by atoms with E-state index < -0.39 is 21.7 Å². The Hall–Kier alpha value is -2.90. The second kappa shape index (κ2) is 15.1. The van der Waals surface area contributed by atoms with Gasteiger partial charge in [-0.3, -0.25) is 4.98 Å². The smallest absolute Gasteiger partial charge is 0.165 e. The highest BCUT2D eigenvalue weighted by atomic mass is 28.3. The van der Waals surface area contributed by atoms with Crippen molar-refractivity contribution in [2.24, 2.45) is 0 Å². The molecular weight excluding hydrogens is 619 g/mol. The first kappa shape index (κ1) is 35.4.